The number of halogens is 1. The number of amides is 1. The highest BCUT2D eigenvalue weighted by molar-refractivity contribution is 6.30. The molecule has 352 valence electrons. The first-order chi connectivity index (χ1) is 30.3. The molecule has 0 radical (unpaired) electrons. The Labute approximate surface area is 393 Å². The molecular weight excluding hydrogens is 834 g/mol. The monoisotopic (exact) mass is 908 g/mol. The Bertz CT molecular complexity index is 2250. The molecule has 6 aliphatic rings. The molecule has 8 nitrogen and oxygen atoms in total. The number of fused-ring (bicyclic) bond motifs is 7. The topological polar surface area (TPSA) is 124 Å². The zero-order valence-corrected chi connectivity index (χ0v) is 41.7. The molecule has 1 N–H and O–H groups in total. The summed E-state index contributed by atoms with van der Waals surface area (Å²) in [5, 5.41) is 4.10. The Morgan fingerprint density at radius 1 is 0.815 bits per heavy atom. The Morgan fingerprint density at radius 3 is 2.08 bits per heavy atom. The molecule has 5 fully saturated rings. The summed E-state index contributed by atoms with van der Waals surface area (Å²) in [7, 11) is 0. The van der Waals surface area contributed by atoms with Gasteiger partial charge in [-0.3, -0.25) is 19.2 Å². The number of benzene rings is 2. The summed E-state index contributed by atoms with van der Waals surface area (Å²) >= 11 is 6.10. The highest BCUT2D eigenvalue weighted by atomic mass is 35.5. The third-order valence-corrected chi connectivity index (χ3v) is 19.7. The lowest BCUT2D eigenvalue weighted by molar-refractivity contribution is -0.235. The van der Waals surface area contributed by atoms with Crippen molar-refractivity contribution in [1.82, 2.24) is 5.32 Å². The average molecular weight is 909 g/mol. The molecule has 9 heteroatoms. The van der Waals surface area contributed by atoms with Crippen LogP contribution in [-0.4, -0.2) is 41.2 Å². The zero-order chi connectivity index (χ0) is 47.7. The van der Waals surface area contributed by atoms with E-state index in [1.54, 1.807) is 24.3 Å². The van der Waals surface area contributed by atoms with Crippen LogP contribution in [0.1, 0.15) is 163 Å². The van der Waals surface area contributed by atoms with Gasteiger partial charge in [0.25, 0.3) is 0 Å². The maximum absolute atomic E-state index is 14.5. The molecule has 5 saturated carbocycles. The van der Waals surface area contributed by atoms with E-state index in [1.165, 1.54) is 11.1 Å². The smallest absolute Gasteiger partial charge is 0.373 e. The number of Topliss-reactive ketones (excluding diaryl/α,β-unsaturated/α-hetero) is 2. The molecular formula is C56H74ClNO7. The first kappa shape index (κ1) is 49.0. The van der Waals surface area contributed by atoms with E-state index < -0.39 is 11.0 Å². The zero-order valence-electron chi connectivity index (χ0n) is 41.0. The Balaban J connectivity index is 0.00000204. The van der Waals surface area contributed by atoms with E-state index in [2.05, 4.69) is 98.0 Å². The summed E-state index contributed by atoms with van der Waals surface area (Å²) in [6.07, 6.45) is 10.3. The highest BCUT2D eigenvalue weighted by Crippen LogP contribution is 2.76. The lowest BCUT2D eigenvalue weighted by Gasteiger charge is -2.72. The number of carbonyl (C=O) groups is 4. The van der Waals surface area contributed by atoms with Gasteiger partial charge in [-0.15, -0.1) is 0 Å². The summed E-state index contributed by atoms with van der Waals surface area (Å²) in [6, 6.07) is 17.5. The van der Waals surface area contributed by atoms with E-state index in [4.69, 9.17) is 25.9 Å². The fourth-order valence-electron chi connectivity index (χ4n) is 15.4. The van der Waals surface area contributed by atoms with Crippen molar-refractivity contribution in [3.05, 3.63) is 81.9 Å². The predicted octanol–water partition coefficient (Wildman–Crippen LogP) is 12.0. The van der Waals surface area contributed by atoms with Gasteiger partial charge in [0.05, 0.1) is 16.9 Å². The second kappa shape index (κ2) is 17.3. The molecule has 0 spiro atoms. The number of hydrogen-bond acceptors (Lipinski definition) is 7. The summed E-state index contributed by atoms with van der Waals surface area (Å²) in [5.41, 5.74) is 2.12. The molecule has 2 aromatic carbocycles. The largest absolute Gasteiger partial charge is 0.462 e. The molecule has 65 heavy (non-hydrogen) atoms. The number of hydrogen-bond donors (Lipinski definition) is 1. The number of nitrogens with one attached hydrogen (secondary N) is 1. The Morgan fingerprint density at radius 2 is 1.46 bits per heavy atom. The van der Waals surface area contributed by atoms with Gasteiger partial charge in [0, 0.05) is 28.8 Å². The van der Waals surface area contributed by atoms with Gasteiger partial charge in [0.1, 0.15) is 6.10 Å². The maximum atomic E-state index is 14.5. The van der Waals surface area contributed by atoms with Crippen molar-refractivity contribution in [2.45, 2.75) is 165 Å². The van der Waals surface area contributed by atoms with Crippen LogP contribution >= 0.6 is 11.6 Å². The second-order valence-corrected chi connectivity index (χ2v) is 24.5. The van der Waals surface area contributed by atoms with Crippen molar-refractivity contribution in [2.75, 3.05) is 0 Å². The minimum Gasteiger partial charge on any atom is -0.462 e. The quantitative estimate of drug-likeness (QED) is 0.186. The molecule has 0 heterocycles. The van der Waals surface area contributed by atoms with Gasteiger partial charge in [-0.1, -0.05) is 118 Å². The molecule has 8 rings (SSSR count). The Kier molecular flexibility index (Phi) is 13.1. The van der Waals surface area contributed by atoms with Gasteiger partial charge < -0.3 is 10.1 Å². The van der Waals surface area contributed by atoms with Gasteiger partial charge in [-0.2, -0.15) is 9.59 Å². The van der Waals surface area contributed by atoms with Crippen LogP contribution in [0.2, 0.25) is 5.02 Å². The summed E-state index contributed by atoms with van der Waals surface area (Å²) in [4.78, 5) is 72.5. The van der Waals surface area contributed by atoms with Gasteiger partial charge >= 0.3 is 12.1 Å². The lowest BCUT2D eigenvalue weighted by Crippen LogP contribution is -2.67. The van der Waals surface area contributed by atoms with E-state index >= 15 is 0 Å². The lowest BCUT2D eigenvalue weighted by atomic mass is 9.33. The minimum absolute atomic E-state index is 0.00400. The fourth-order valence-corrected chi connectivity index (χ4v) is 15.6. The third-order valence-electron chi connectivity index (χ3n) is 19.4. The van der Waals surface area contributed by atoms with Gasteiger partial charge in [0.15, 0.2) is 11.6 Å². The first-order valence-corrected chi connectivity index (χ1v) is 24.8. The molecule has 0 aromatic heterocycles. The predicted molar refractivity (Wildman–Crippen MR) is 252 cm³/mol. The molecule has 1 amide bonds. The van der Waals surface area contributed by atoms with Crippen LogP contribution in [0, 0.1) is 68.0 Å². The summed E-state index contributed by atoms with van der Waals surface area (Å²) < 4.78 is 6.68. The van der Waals surface area contributed by atoms with Crippen molar-refractivity contribution in [1.29, 1.82) is 0 Å². The maximum Gasteiger partial charge on any atom is 0.373 e. The van der Waals surface area contributed by atoms with Crippen molar-refractivity contribution in [3.8, 4) is 0 Å². The van der Waals surface area contributed by atoms with E-state index in [0.29, 0.717) is 34.8 Å². The second-order valence-electron chi connectivity index (χ2n) is 24.1. The molecule has 0 saturated heterocycles. The fraction of sp³-hybridized carbons (Fsp3) is 0.661. The number of ether oxygens (including phenoxy) is 1. The van der Waals surface area contributed by atoms with Gasteiger partial charge in [-0.25, -0.2) is 0 Å². The number of allylic oxidation sites excluding steroid dienone is 1. The SMILES string of the molecule is CC(C)C1=C2[C@H]3CC[C@@H]4[C@@]5(C)CC[C@H](OC(=O)[C@H]6C[C@@H](Cc7ccccc7)C6(C)C)C(C)(C)[C@@H]5CC[C@@]4(C)[C@]3(C)CC[C@@]2(NC(=O)C(C)(C)CC(=O)c2ccc(Cl)cc2)CC1=O.O=C=O. The van der Waals surface area contributed by atoms with Crippen LogP contribution in [-0.2, 0) is 35.1 Å². The minimum atomic E-state index is -0.976. The van der Waals surface area contributed by atoms with E-state index in [-0.39, 0.29) is 86.9 Å². The van der Waals surface area contributed by atoms with Crippen LogP contribution in [0.4, 0.5) is 0 Å². The van der Waals surface area contributed by atoms with E-state index in [1.807, 2.05) is 13.8 Å². The van der Waals surface area contributed by atoms with Gasteiger partial charge in [-0.05, 0) is 156 Å². The van der Waals surface area contributed by atoms with Crippen LogP contribution in [0.5, 0.6) is 0 Å². The van der Waals surface area contributed by atoms with E-state index in [9.17, 15) is 19.2 Å². The summed E-state index contributed by atoms with van der Waals surface area (Å²) in [5.74, 6) is 1.47. The van der Waals surface area contributed by atoms with Crippen molar-refractivity contribution in [2.24, 2.45) is 68.0 Å². The molecule has 2 aromatic rings. The molecule has 6 aliphatic carbocycles. The third kappa shape index (κ3) is 8.13. The molecule has 0 aliphatic heterocycles. The van der Waals surface area contributed by atoms with Crippen molar-refractivity contribution in [3.63, 3.8) is 0 Å². The highest BCUT2D eigenvalue weighted by Gasteiger charge is 2.70. The normalized spacial score (nSPS) is 35.4. The van der Waals surface area contributed by atoms with E-state index in [0.717, 1.165) is 69.8 Å². The van der Waals surface area contributed by atoms with Crippen LogP contribution in [0.15, 0.2) is 65.7 Å². The Hall–Kier alpha value is -3.87. The summed E-state index contributed by atoms with van der Waals surface area (Å²) in [6.45, 7) is 25.0. The van der Waals surface area contributed by atoms with Gasteiger partial charge in [0.2, 0.25) is 5.91 Å². The number of ketones is 2. The first-order valence-electron chi connectivity index (χ1n) is 24.5. The number of esters is 1. The number of rotatable bonds is 10. The van der Waals surface area contributed by atoms with Crippen LogP contribution in [0.3, 0.4) is 0 Å². The average Bonchev–Trinajstić information content (AvgIpc) is 3.53. The van der Waals surface area contributed by atoms with Crippen LogP contribution in [0.25, 0.3) is 0 Å². The molecule has 0 bridgehead atoms. The molecule has 0 unspecified atom stereocenters. The molecule has 10 atom stereocenters. The van der Waals surface area contributed by atoms with Crippen molar-refractivity contribution >= 4 is 41.2 Å². The number of carbonyl (C=O) groups excluding carboxylic acids is 6. The standard InChI is InChI=1S/C55H74ClNO5.CO2/c1-33(2)45-41(59)32-55(57-48(61)49(3,4)31-40(58)35-17-19-37(56)20-18-35)28-27-53(10)38(46(45)55)21-22-43-52(9)25-24-44(51(7,8)42(52)23-26-54(43,53)11)62-47(60)39-30-36(50(39,5)6)29-34-15-13-12-14-16-34;2-1-3/h12-20,33,36,38-39,42-44H,21-32H2,1-11H3,(H,57,61);/t36-,38-,39-,42+,43-,44+,52+,53-,54-,55-;/m1./s1. The van der Waals surface area contributed by atoms with Crippen LogP contribution < -0.4 is 5.32 Å². The van der Waals surface area contributed by atoms with Crippen molar-refractivity contribution < 1.29 is 33.5 Å².